The Kier molecular flexibility index (Phi) is 14.8. The van der Waals surface area contributed by atoms with Gasteiger partial charge in [0.15, 0.2) is 17.4 Å². The molecule has 7 aromatic rings. The number of β-amino-alcohol motifs (C(OH)–C–C–N with tert-alkyl or cyclic N) is 1. The zero-order valence-electron chi connectivity index (χ0n) is 42.8. The SMILES string of the molecule is Cc1ncsc1-c1ccc(CNC(=O)[C@@H]2C[C@@H](O)CN2C(=O)C(c2cc(N3CC(N4CCN(c5ncc(-c6cnc7[nH]cc(C(=O)c8c(F)ccc(N(N9CC[C@@H](F)C9)[SH](=O)=O)c8F)c7c6)cn5)CC4)C3)no2)C(C)C)cc1. The van der Waals surface area contributed by atoms with Gasteiger partial charge in [-0.2, -0.15) is 4.41 Å². The second-order valence-electron chi connectivity index (χ2n) is 20.5. The summed E-state index contributed by atoms with van der Waals surface area (Å²) >= 11 is 1.57. The van der Waals surface area contributed by atoms with E-state index in [1.165, 1.54) is 11.1 Å². The maximum absolute atomic E-state index is 16.1. The van der Waals surface area contributed by atoms with E-state index in [4.69, 9.17) is 4.52 Å². The molecule has 4 fully saturated rings. The summed E-state index contributed by atoms with van der Waals surface area (Å²) in [5.74, 6) is -3.62. The van der Waals surface area contributed by atoms with Gasteiger partial charge in [0.2, 0.25) is 34.4 Å². The highest BCUT2D eigenvalue weighted by Gasteiger charge is 2.44. The molecule has 5 aromatic heterocycles. The first kappa shape index (κ1) is 52.7. The summed E-state index contributed by atoms with van der Waals surface area (Å²) in [5, 5.41) is 19.4. The molecule has 4 aliphatic heterocycles. The lowest BCUT2D eigenvalue weighted by Crippen LogP contribution is -2.63. The number of alkyl halides is 1. The average molecular weight is 1110 g/mol. The molecule has 25 heteroatoms. The number of fused-ring (bicyclic) bond motifs is 1. The Morgan fingerprint density at radius 2 is 1.65 bits per heavy atom. The molecular formula is C53H56F3N13O7S2. The summed E-state index contributed by atoms with van der Waals surface area (Å²) in [4.78, 5) is 71.8. The fourth-order valence-electron chi connectivity index (χ4n) is 10.9. The topological polar surface area (TPSA) is 230 Å². The fraction of sp³-hybridized carbons (Fsp3) is 0.396. The Hall–Kier alpha value is -7.32. The lowest BCUT2D eigenvalue weighted by Gasteiger charge is -2.48. The first-order chi connectivity index (χ1) is 37.6. The van der Waals surface area contributed by atoms with Crippen LogP contribution in [0.15, 0.2) is 83.4 Å². The minimum absolute atomic E-state index is 0.0152. The molecule has 0 radical (unpaired) electrons. The number of carbonyl (C=O) groups is 3. The van der Waals surface area contributed by atoms with Gasteiger partial charge in [-0.1, -0.05) is 43.3 Å². The number of nitrogens with one attached hydrogen (secondary N) is 2. The lowest BCUT2D eigenvalue weighted by molar-refractivity contribution is -0.141. The van der Waals surface area contributed by atoms with E-state index in [-0.39, 0.29) is 79.4 Å². The molecule has 4 aliphatic rings. The quantitative estimate of drug-likeness (QED) is 0.0714. The van der Waals surface area contributed by atoms with Crippen LogP contribution in [-0.4, -0.2) is 159 Å². The number of rotatable bonds is 16. The summed E-state index contributed by atoms with van der Waals surface area (Å²) < 4.78 is 76.3. The number of benzene rings is 2. The van der Waals surface area contributed by atoms with Crippen molar-refractivity contribution in [2.24, 2.45) is 5.92 Å². The number of carbonyl (C=O) groups excluding carboxylic acids is 3. The number of aromatic amines is 1. The molecule has 2 amide bonds. The highest BCUT2D eigenvalue weighted by Crippen LogP contribution is 2.36. The first-order valence-electron chi connectivity index (χ1n) is 25.7. The number of aliphatic hydroxyl groups excluding tert-OH is 1. The van der Waals surface area contributed by atoms with Gasteiger partial charge in [-0.15, -0.1) is 11.3 Å². The van der Waals surface area contributed by atoms with Crippen molar-refractivity contribution in [1.29, 1.82) is 0 Å². The number of thiol groups is 1. The minimum Gasteiger partial charge on any atom is -0.391 e. The number of hydrazine groups is 1. The molecule has 0 saturated carbocycles. The maximum Gasteiger partial charge on any atom is 0.243 e. The van der Waals surface area contributed by atoms with Crippen LogP contribution in [0.5, 0.6) is 0 Å². The normalized spacial score (nSPS) is 19.8. The van der Waals surface area contributed by atoms with Crippen molar-refractivity contribution >= 4 is 68.3 Å². The van der Waals surface area contributed by atoms with Crippen LogP contribution in [0.25, 0.3) is 32.6 Å². The number of halogens is 3. The monoisotopic (exact) mass is 1110 g/mol. The Balaban J connectivity index is 0.682. The van der Waals surface area contributed by atoms with Crippen LogP contribution in [0.1, 0.15) is 65.5 Å². The molecule has 408 valence electrons. The first-order valence-corrected chi connectivity index (χ1v) is 27.7. The van der Waals surface area contributed by atoms with Gasteiger partial charge < -0.3 is 34.6 Å². The van der Waals surface area contributed by atoms with E-state index in [2.05, 4.69) is 50.1 Å². The Morgan fingerprint density at radius 3 is 2.33 bits per heavy atom. The van der Waals surface area contributed by atoms with Crippen molar-refractivity contribution < 1.29 is 45.6 Å². The van der Waals surface area contributed by atoms with E-state index in [1.54, 1.807) is 36.0 Å². The third-order valence-electron chi connectivity index (χ3n) is 15.1. The summed E-state index contributed by atoms with van der Waals surface area (Å²) in [5.41, 5.74) is 4.45. The molecule has 4 atom stereocenters. The van der Waals surface area contributed by atoms with Gasteiger partial charge in [-0.25, -0.2) is 46.5 Å². The predicted molar refractivity (Wildman–Crippen MR) is 285 cm³/mol. The number of hydrogen-bond acceptors (Lipinski definition) is 17. The average Bonchev–Trinajstić information content (AvgIpc) is 4.30. The van der Waals surface area contributed by atoms with E-state index in [1.807, 2.05) is 56.6 Å². The van der Waals surface area contributed by atoms with Crippen LogP contribution >= 0.6 is 11.3 Å². The maximum atomic E-state index is 16.1. The molecule has 0 aliphatic carbocycles. The third kappa shape index (κ3) is 10.3. The van der Waals surface area contributed by atoms with E-state index < -0.39 is 63.8 Å². The van der Waals surface area contributed by atoms with Gasteiger partial charge in [0.1, 0.15) is 35.3 Å². The van der Waals surface area contributed by atoms with Crippen molar-refractivity contribution in [3.05, 3.63) is 119 Å². The number of H-pyrrole nitrogens is 1. The van der Waals surface area contributed by atoms with Crippen molar-refractivity contribution in [3.63, 3.8) is 0 Å². The summed E-state index contributed by atoms with van der Waals surface area (Å²) in [6.45, 7) is 10.1. The number of pyridine rings is 1. The number of ketones is 1. The Morgan fingerprint density at radius 1 is 0.910 bits per heavy atom. The largest absolute Gasteiger partial charge is 0.391 e. The number of aromatic nitrogens is 6. The van der Waals surface area contributed by atoms with E-state index in [0.29, 0.717) is 59.2 Å². The van der Waals surface area contributed by atoms with Crippen LogP contribution in [0.3, 0.4) is 0 Å². The van der Waals surface area contributed by atoms with Crippen molar-refractivity contribution in [1.82, 2.24) is 50.2 Å². The number of aryl methyl sites for hydroxylation is 1. The van der Waals surface area contributed by atoms with E-state index >= 15 is 8.78 Å². The molecule has 2 aromatic carbocycles. The van der Waals surface area contributed by atoms with Gasteiger partial charge >= 0.3 is 0 Å². The molecular weight excluding hydrogens is 1050 g/mol. The molecule has 78 heavy (non-hydrogen) atoms. The number of aliphatic hydroxyl groups is 1. The summed E-state index contributed by atoms with van der Waals surface area (Å²) in [6, 6.07) is 12.5. The highest BCUT2D eigenvalue weighted by molar-refractivity contribution is 7.73. The van der Waals surface area contributed by atoms with Gasteiger partial charge in [0.05, 0.1) is 34.3 Å². The Bertz CT molecular complexity index is 3440. The zero-order chi connectivity index (χ0) is 54.5. The molecule has 20 nitrogen and oxygen atoms in total. The molecule has 0 spiro atoms. The summed E-state index contributed by atoms with van der Waals surface area (Å²) in [7, 11) is -3.51. The van der Waals surface area contributed by atoms with Gasteiger partial charge in [0, 0.05) is 124 Å². The van der Waals surface area contributed by atoms with Crippen LogP contribution < -0.4 is 19.5 Å². The lowest BCUT2D eigenvalue weighted by atomic mass is 9.91. The van der Waals surface area contributed by atoms with Crippen LogP contribution in [0.2, 0.25) is 0 Å². The van der Waals surface area contributed by atoms with Crippen LogP contribution in [0, 0.1) is 24.5 Å². The van der Waals surface area contributed by atoms with Gasteiger partial charge in [-0.05, 0) is 48.6 Å². The minimum atomic E-state index is -3.51. The number of likely N-dealkylation sites (tertiary alicyclic amines) is 1. The standard InChI is InChI=1S/C53H56F3N13O7S2/c1-29(2)45(52(73)68-27-37(70)17-42(68)51(72)59-19-31-4-6-32(7-5-31)49-30(3)62-28-77-49)43-18-44(63-76-43)66-25-36(26-66)64-12-14-65(15-13-64)53-60-21-34(22-61-53)33-16-38-39(23-58-50(38)57-20-33)48(71)46-40(55)8-9-41(47(46)56)69(78(74)75)67-11-10-35(54)24-67/h4-9,16,18,20-23,28-29,35-37,42,45,70,78H,10-15,17,19,24-27H2,1-3H3,(H,57,58)(H,59,72)/t35-,37-,42+,45?/m1/s1. The number of piperazine rings is 1. The fourth-order valence-corrected chi connectivity index (χ4v) is 12.4. The number of amides is 2. The number of anilines is 3. The zero-order valence-corrected chi connectivity index (χ0v) is 44.5. The molecule has 11 rings (SSSR count). The van der Waals surface area contributed by atoms with E-state index in [0.717, 1.165) is 51.9 Å². The second-order valence-corrected chi connectivity index (χ2v) is 22.2. The van der Waals surface area contributed by atoms with Crippen molar-refractivity contribution in [2.45, 2.75) is 70.4 Å². The van der Waals surface area contributed by atoms with Gasteiger partial charge in [-0.3, -0.25) is 19.3 Å². The van der Waals surface area contributed by atoms with Gasteiger partial charge in [0.25, 0.3) is 0 Å². The molecule has 1 unspecified atom stereocenters. The molecule has 3 N–H and O–H groups in total. The third-order valence-corrected chi connectivity index (χ3v) is 16.9. The smallest absolute Gasteiger partial charge is 0.243 e. The van der Waals surface area contributed by atoms with Crippen LogP contribution in [-0.2, 0) is 27.0 Å². The number of thiazole rings is 1. The molecule has 4 saturated heterocycles. The number of nitrogens with zero attached hydrogens (tertiary/aromatic N) is 11. The second kappa shape index (κ2) is 21.8. The van der Waals surface area contributed by atoms with Crippen LogP contribution in [0.4, 0.5) is 30.6 Å². The van der Waals surface area contributed by atoms with Crippen molar-refractivity contribution in [3.8, 4) is 21.6 Å². The number of hydrogen-bond donors (Lipinski definition) is 4. The Labute approximate surface area is 451 Å². The highest BCUT2D eigenvalue weighted by atomic mass is 32.2. The van der Waals surface area contributed by atoms with Crippen molar-refractivity contribution in [2.75, 3.05) is 73.1 Å². The molecule has 0 bridgehead atoms. The predicted octanol–water partition coefficient (Wildman–Crippen LogP) is 5.27. The van der Waals surface area contributed by atoms with E-state index in [9.17, 15) is 32.3 Å². The summed E-state index contributed by atoms with van der Waals surface area (Å²) in [6.07, 6.45) is 4.10. The molecule has 9 heterocycles.